The molecule has 0 aliphatic rings. The predicted molar refractivity (Wildman–Crippen MR) is 34.8 cm³/mol. The second kappa shape index (κ2) is 5.02. The van der Waals surface area contributed by atoms with Crippen LogP contribution in [0.5, 0.6) is 0 Å². The molecule has 1 aromatic rings. The van der Waals surface area contributed by atoms with Crippen molar-refractivity contribution in [2.75, 3.05) is 0 Å². The average molecular weight is 309 g/mol. The van der Waals surface area contributed by atoms with E-state index in [1.807, 2.05) is 24.3 Å². The van der Waals surface area contributed by atoms with Crippen LogP contribution in [0, 0.1) is 6.07 Å². The molecule has 0 atom stereocenters. The molecule has 0 nitrogen and oxygen atoms in total. The number of hydrogen-bond donors (Lipinski definition) is 0. The van der Waals surface area contributed by atoms with Crippen LogP contribution in [0.15, 0.2) is 24.3 Å². The van der Waals surface area contributed by atoms with Gasteiger partial charge in [0.15, 0.2) is 0 Å². The molecule has 0 aliphatic heterocycles. The van der Waals surface area contributed by atoms with Crippen molar-refractivity contribution in [1.82, 2.24) is 0 Å². The van der Waals surface area contributed by atoms with Crippen molar-refractivity contribution < 1.29 is 21.1 Å². The molecular weight excluding hydrogens is 303 g/mol. The molecule has 0 amide bonds. The molecule has 0 heterocycles. The Balaban J connectivity index is 0.000000640. The maximum Gasteiger partial charge on any atom is 0.0253 e. The zero-order valence-electron chi connectivity index (χ0n) is 4.80. The Morgan fingerprint density at radius 1 is 1.33 bits per heavy atom. The van der Waals surface area contributed by atoms with E-state index >= 15 is 0 Å². The van der Waals surface area contributed by atoms with Crippen LogP contribution < -0.4 is 0 Å². The van der Waals surface area contributed by atoms with Gasteiger partial charge in [0, 0.05) is 26.9 Å². The first kappa shape index (κ1) is 9.20. The van der Waals surface area contributed by atoms with Crippen molar-refractivity contribution >= 4 is 11.6 Å². The van der Waals surface area contributed by atoms with Crippen LogP contribution in [0.2, 0.25) is 0 Å². The first-order chi connectivity index (χ1) is 3.93. The van der Waals surface area contributed by atoms with Gasteiger partial charge in [-0.1, -0.05) is 0 Å². The predicted octanol–water partition coefficient (Wildman–Crippen LogP) is 2.22. The Morgan fingerprint density at radius 3 is 2.22 bits per heavy atom. The van der Waals surface area contributed by atoms with Gasteiger partial charge >= 0.3 is 0 Å². The van der Waals surface area contributed by atoms with Crippen LogP contribution in [0.25, 0.3) is 0 Å². The van der Waals surface area contributed by atoms with Gasteiger partial charge < -0.3 is 0 Å². The minimum Gasteiger partial charge on any atom is -0.184 e. The quantitative estimate of drug-likeness (QED) is 0.551. The number of rotatable bonds is 1. The smallest absolute Gasteiger partial charge is 0.0253 e. The summed E-state index contributed by atoms with van der Waals surface area (Å²) in [5.41, 5.74) is 1.14. The third-order valence-corrected chi connectivity index (χ3v) is 1.25. The van der Waals surface area contributed by atoms with E-state index in [-0.39, 0.29) is 21.1 Å². The van der Waals surface area contributed by atoms with Gasteiger partial charge in [0.05, 0.1) is 0 Å². The maximum absolute atomic E-state index is 5.51. The monoisotopic (exact) mass is 309 g/mol. The molecule has 1 rings (SSSR count). The fourth-order valence-corrected chi connectivity index (χ4v) is 0.689. The first-order valence-electron chi connectivity index (χ1n) is 2.44. The van der Waals surface area contributed by atoms with Gasteiger partial charge in [-0.15, -0.1) is 17.2 Å². The molecular formula is C7H6ClW-. The minimum atomic E-state index is 0. The first-order valence-corrected chi connectivity index (χ1v) is 2.98. The fraction of sp³-hybridized carbons (Fsp3) is 0.143. The maximum atomic E-state index is 5.51. The Morgan fingerprint density at radius 2 is 1.89 bits per heavy atom. The van der Waals surface area contributed by atoms with Gasteiger partial charge in [-0.25, -0.2) is 0 Å². The molecule has 9 heavy (non-hydrogen) atoms. The standard InChI is InChI=1S/C7H6Cl.W/c8-6-7-4-2-1-3-5-7;/h2-5H,6H2;/q-1;. The molecule has 48 valence electrons. The molecule has 0 unspecified atom stereocenters. The van der Waals surface area contributed by atoms with E-state index in [2.05, 4.69) is 6.07 Å². The molecule has 1 aromatic carbocycles. The third-order valence-electron chi connectivity index (χ3n) is 0.942. The SMILES string of the molecule is ClCc1cc[c-]cc1.[W]. The van der Waals surface area contributed by atoms with Gasteiger partial charge in [0.1, 0.15) is 0 Å². The molecule has 0 spiro atoms. The van der Waals surface area contributed by atoms with E-state index in [4.69, 9.17) is 11.6 Å². The van der Waals surface area contributed by atoms with Crippen molar-refractivity contribution in [1.29, 1.82) is 0 Å². The summed E-state index contributed by atoms with van der Waals surface area (Å²) < 4.78 is 0. The number of halogens is 1. The summed E-state index contributed by atoms with van der Waals surface area (Å²) in [5.74, 6) is 0.592. The summed E-state index contributed by atoms with van der Waals surface area (Å²) >= 11 is 5.51. The summed E-state index contributed by atoms with van der Waals surface area (Å²) in [6.45, 7) is 0. The Bertz CT molecular complexity index is 150. The van der Waals surface area contributed by atoms with Crippen molar-refractivity contribution in [3.05, 3.63) is 35.9 Å². The summed E-state index contributed by atoms with van der Waals surface area (Å²) in [5, 5.41) is 0. The van der Waals surface area contributed by atoms with Crippen LogP contribution >= 0.6 is 11.6 Å². The van der Waals surface area contributed by atoms with Gasteiger partial charge in [-0.3, -0.25) is 0 Å². The van der Waals surface area contributed by atoms with Crippen LogP contribution in [-0.2, 0) is 26.9 Å². The summed E-state index contributed by atoms with van der Waals surface area (Å²) in [4.78, 5) is 0. The fourth-order valence-electron chi connectivity index (χ4n) is 0.510. The Kier molecular flexibility index (Phi) is 5.13. The molecule has 0 saturated heterocycles. The van der Waals surface area contributed by atoms with E-state index < -0.39 is 0 Å². The van der Waals surface area contributed by atoms with Crippen LogP contribution in [0.1, 0.15) is 5.56 Å². The van der Waals surface area contributed by atoms with Crippen LogP contribution in [0.3, 0.4) is 0 Å². The van der Waals surface area contributed by atoms with Gasteiger partial charge in [0.2, 0.25) is 0 Å². The molecule has 0 radical (unpaired) electrons. The van der Waals surface area contributed by atoms with Crippen molar-refractivity contribution in [3.8, 4) is 0 Å². The van der Waals surface area contributed by atoms with Gasteiger partial charge in [-0.05, 0) is 0 Å². The zero-order valence-corrected chi connectivity index (χ0v) is 8.49. The summed E-state index contributed by atoms with van der Waals surface area (Å²) in [6.07, 6.45) is 0. The van der Waals surface area contributed by atoms with E-state index in [1.165, 1.54) is 0 Å². The molecule has 0 N–H and O–H groups in total. The Hall–Kier alpha value is 0.198. The second-order valence-electron chi connectivity index (χ2n) is 1.54. The zero-order chi connectivity index (χ0) is 5.82. The normalized spacial score (nSPS) is 8.11. The minimum absolute atomic E-state index is 0. The van der Waals surface area contributed by atoms with E-state index in [0.717, 1.165) is 5.56 Å². The summed E-state index contributed by atoms with van der Waals surface area (Å²) in [7, 11) is 0. The molecule has 0 saturated carbocycles. The molecule has 2 heteroatoms. The molecule has 0 aliphatic carbocycles. The van der Waals surface area contributed by atoms with Crippen LogP contribution in [0.4, 0.5) is 0 Å². The average Bonchev–Trinajstić information content (AvgIpc) is 1.90. The second-order valence-corrected chi connectivity index (χ2v) is 1.81. The van der Waals surface area contributed by atoms with E-state index in [0.29, 0.717) is 5.88 Å². The largest absolute Gasteiger partial charge is 0.184 e. The molecule has 0 aromatic heterocycles. The van der Waals surface area contributed by atoms with Crippen molar-refractivity contribution in [3.63, 3.8) is 0 Å². The number of benzene rings is 1. The van der Waals surface area contributed by atoms with Crippen molar-refractivity contribution in [2.24, 2.45) is 0 Å². The summed E-state index contributed by atoms with van der Waals surface area (Å²) in [6, 6.07) is 10.5. The van der Waals surface area contributed by atoms with Gasteiger partial charge in [-0.2, -0.15) is 30.3 Å². The third kappa shape index (κ3) is 3.03. The number of alkyl halides is 1. The van der Waals surface area contributed by atoms with Crippen LogP contribution in [-0.4, -0.2) is 0 Å². The van der Waals surface area contributed by atoms with E-state index in [1.54, 1.807) is 0 Å². The van der Waals surface area contributed by atoms with Crippen molar-refractivity contribution in [2.45, 2.75) is 5.88 Å². The number of hydrogen-bond acceptors (Lipinski definition) is 0. The molecule has 0 bridgehead atoms. The molecule has 0 fully saturated rings. The topological polar surface area (TPSA) is 0 Å². The Labute approximate surface area is 74.5 Å². The van der Waals surface area contributed by atoms with E-state index in [9.17, 15) is 0 Å². The van der Waals surface area contributed by atoms with Gasteiger partial charge in [0.25, 0.3) is 0 Å².